The molecule has 0 saturated heterocycles. The van der Waals surface area contributed by atoms with Gasteiger partial charge in [-0.05, 0) is 6.42 Å². The van der Waals surface area contributed by atoms with Crippen molar-refractivity contribution in [1.29, 1.82) is 0 Å². The van der Waals surface area contributed by atoms with Gasteiger partial charge >= 0.3 is 0 Å². The molecule has 0 atom stereocenters. The lowest BCUT2D eigenvalue weighted by atomic mass is 10.2. The molecule has 19 heavy (non-hydrogen) atoms. The SMILES string of the molecule is CCCc1[nH]nc(C(=O)NCc2nncn2C)c1N. The number of hydrogen-bond donors (Lipinski definition) is 3. The molecule has 102 valence electrons. The number of nitrogens with two attached hydrogens (primary N) is 1. The van der Waals surface area contributed by atoms with Gasteiger partial charge in [0.15, 0.2) is 11.5 Å². The number of nitrogen functional groups attached to an aromatic ring is 1. The number of aromatic amines is 1. The molecule has 0 aliphatic heterocycles. The van der Waals surface area contributed by atoms with E-state index in [4.69, 9.17) is 5.73 Å². The van der Waals surface area contributed by atoms with E-state index >= 15 is 0 Å². The van der Waals surface area contributed by atoms with Gasteiger partial charge in [-0.15, -0.1) is 10.2 Å². The van der Waals surface area contributed by atoms with Crippen molar-refractivity contribution in [3.63, 3.8) is 0 Å². The topological polar surface area (TPSA) is 115 Å². The number of anilines is 1. The zero-order chi connectivity index (χ0) is 13.8. The van der Waals surface area contributed by atoms with E-state index in [1.807, 2.05) is 14.0 Å². The minimum atomic E-state index is -0.320. The van der Waals surface area contributed by atoms with Gasteiger partial charge in [0.05, 0.1) is 17.9 Å². The number of rotatable bonds is 5. The number of nitrogens with one attached hydrogen (secondary N) is 2. The Morgan fingerprint density at radius 1 is 1.58 bits per heavy atom. The van der Waals surface area contributed by atoms with Crippen LogP contribution in [0.4, 0.5) is 5.69 Å². The summed E-state index contributed by atoms with van der Waals surface area (Å²) in [5.41, 5.74) is 7.32. The van der Waals surface area contributed by atoms with Crippen molar-refractivity contribution in [3.05, 3.63) is 23.5 Å². The predicted octanol–water partition coefficient (Wildman–Crippen LogP) is 0.00290. The zero-order valence-corrected chi connectivity index (χ0v) is 11.0. The highest BCUT2D eigenvalue weighted by atomic mass is 16.1. The van der Waals surface area contributed by atoms with E-state index < -0.39 is 0 Å². The summed E-state index contributed by atoms with van der Waals surface area (Å²) >= 11 is 0. The van der Waals surface area contributed by atoms with Crippen molar-refractivity contribution in [2.75, 3.05) is 5.73 Å². The highest BCUT2D eigenvalue weighted by molar-refractivity contribution is 5.97. The Balaban J connectivity index is 2.02. The third-order valence-corrected chi connectivity index (χ3v) is 2.81. The summed E-state index contributed by atoms with van der Waals surface area (Å²) in [7, 11) is 1.81. The summed E-state index contributed by atoms with van der Waals surface area (Å²) in [6, 6.07) is 0. The molecule has 0 aliphatic rings. The highest BCUT2D eigenvalue weighted by Gasteiger charge is 2.17. The van der Waals surface area contributed by atoms with Crippen molar-refractivity contribution >= 4 is 11.6 Å². The van der Waals surface area contributed by atoms with Crippen LogP contribution in [0, 0.1) is 0 Å². The molecule has 0 aliphatic carbocycles. The van der Waals surface area contributed by atoms with Crippen LogP contribution in [0.15, 0.2) is 6.33 Å². The molecule has 1 amide bonds. The van der Waals surface area contributed by atoms with Crippen molar-refractivity contribution in [1.82, 2.24) is 30.3 Å². The van der Waals surface area contributed by atoms with Crippen molar-refractivity contribution in [2.24, 2.45) is 7.05 Å². The van der Waals surface area contributed by atoms with Gasteiger partial charge in [-0.1, -0.05) is 13.3 Å². The molecule has 8 nitrogen and oxygen atoms in total. The molecule has 0 bridgehead atoms. The summed E-state index contributed by atoms with van der Waals surface area (Å²) in [6.07, 6.45) is 3.28. The smallest absolute Gasteiger partial charge is 0.274 e. The van der Waals surface area contributed by atoms with E-state index in [1.54, 1.807) is 10.9 Å². The Labute approximate surface area is 110 Å². The largest absolute Gasteiger partial charge is 0.395 e. The van der Waals surface area contributed by atoms with Crippen LogP contribution in [-0.2, 0) is 20.0 Å². The maximum absolute atomic E-state index is 12.0. The second kappa shape index (κ2) is 5.51. The molecule has 0 saturated carbocycles. The monoisotopic (exact) mass is 263 g/mol. The Hall–Kier alpha value is -2.38. The fourth-order valence-electron chi connectivity index (χ4n) is 1.71. The molecule has 8 heteroatoms. The number of aromatic nitrogens is 5. The van der Waals surface area contributed by atoms with E-state index in [2.05, 4.69) is 25.7 Å². The normalized spacial score (nSPS) is 10.6. The van der Waals surface area contributed by atoms with Crippen LogP contribution in [0.25, 0.3) is 0 Å². The second-order valence-electron chi connectivity index (χ2n) is 4.26. The molecule has 2 rings (SSSR count). The number of amides is 1. The van der Waals surface area contributed by atoms with E-state index in [0.717, 1.165) is 18.5 Å². The van der Waals surface area contributed by atoms with Crippen molar-refractivity contribution in [2.45, 2.75) is 26.3 Å². The van der Waals surface area contributed by atoms with Gasteiger partial charge in [0.1, 0.15) is 6.33 Å². The first-order valence-electron chi connectivity index (χ1n) is 6.07. The fourth-order valence-corrected chi connectivity index (χ4v) is 1.71. The quantitative estimate of drug-likeness (QED) is 0.702. The van der Waals surface area contributed by atoms with Crippen molar-refractivity contribution < 1.29 is 4.79 Å². The lowest BCUT2D eigenvalue weighted by molar-refractivity contribution is 0.0945. The summed E-state index contributed by atoms with van der Waals surface area (Å²) in [5, 5.41) is 17.1. The number of H-pyrrole nitrogens is 1. The van der Waals surface area contributed by atoms with Crippen LogP contribution >= 0.6 is 0 Å². The van der Waals surface area contributed by atoms with Crippen LogP contribution < -0.4 is 11.1 Å². The standard InChI is InChI=1S/C11H17N7O/c1-3-4-7-9(12)10(17-15-7)11(19)13-5-8-16-14-6-18(8)2/h6H,3-5,12H2,1-2H3,(H,13,19)(H,15,17). The summed E-state index contributed by atoms with van der Waals surface area (Å²) < 4.78 is 1.73. The first-order chi connectivity index (χ1) is 9.13. The van der Waals surface area contributed by atoms with Gasteiger partial charge in [-0.25, -0.2) is 0 Å². The average Bonchev–Trinajstić information content (AvgIpc) is 2.95. The molecule has 0 fully saturated rings. The highest BCUT2D eigenvalue weighted by Crippen LogP contribution is 2.15. The van der Waals surface area contributed by atoms with Gasteiger partial charge in [0, 0.05) is 7.05 Å². The number of carbonyl (C=O) groups excluding carboxylic acids is 1. The molecule has 0 unspecified atom stereocenters. The maximum Gasteiger partial charge on any atom is 0.274 e. The molecule has 0 spiro atoms. The number of aryl methyl sites for hydroxylation is 2. The minimum absolute atomic E-state index is 0.227. The van der Waals surface area contributed by atoms with E-state index in [9.17, 15) is 4.79 Å². The van der Waals surface area contributed by atoms with Crippen LogP contribution in [0.2, 0.25) is 0 Å². The van der Waals surface area contributed by atoms with Gasteiger partial charge in [-0.3, -0.25) is 9.89 Å². The lowest BCUT2D eigenvalue weighted by Crippen LogP contribution is -2.25. The molecule has 0 aromatic carbocycles. The average molecular weight is 263 g/mol. The predicted molar refractivity (Wildman–Crippen MR) is 69.2 cm³/mol. The van der Waals surface area contributed by atoms with Gasteiger partial charge in [0.2, 0.25) is 0 Å². The molecule has 2 heterocycles. The minimum Gasteiger partial charge on any atom is -0.395 e. The number of carbonyl (C=O) groups is 1. The molecule has 4 N–H and O–H groups in total. The Bertz CT molecular complexity index is 571. The third kappa shape index (κ3) is 2.72. The molecular weight excluding hydrogens is 246 g/mol. The van der Waals surface area contributed by atoms with Crippen molar-refractivity contribution in [3.8, 4) is 0 Å². The summed E-state index contributed by atoms with van der Waals surface area (Å²) in [6.45, 7) is 2.32. The summed E-state index contributed by atoms with van der Waals surface area (Å²) in [4.78, 5) is 12.0. The maximum atomic E-state index is 12.0. The lowest BCUT2D eigenvalue weighted by Gasteiger charge is -2.03. The number of hydrogen-bond acceptors (Lipinski definition) is 5. The first kappa shape index (κ1) is 13.1. The van der Waals surface area contributed by atoms with E-state index in [1.165, 1.54) is 0 Å². The van der Waals surface area contributed by atoms with Gasteiger partial charge in [0.25, 0.3) is 5.91 Å². The Morgan fingerprint density at radius 2 is 2.37 bits per heavy atom. The van der Waals surface area contributed by atoms with Gasteiger partial charge < -0.3 is 15.6 Å². The van der Waals surface area contributed by atoms with E-state index in [0.29, 0.717) is 11.5 Å². The van der Waals surface area contributed by atoms with Crippen LogP contribution in [0.1, 0.15) is 35.4 Å². The van der Waals surface area contributed by atoms with Crippen LogP contribution in [0.5, 0.6) is 0 Å². The summed E-state index contributed by atoms with van der Waals surface area (Å²) in [5.74, 6) is 0.343. The fraction of sp³-hybridized carbons (Fsp3) is 0.455. The second-order valence-corrected chi connectivity index (χ2v) is 4.26. The zero-order valence-electron chi connectivity index (χ0n) is 11.0. The molecule has 0 radical (unpaired) electrons. The third-order valence-electron chi connectivity index (χ3n) is 2.81. The first-order valence-corrected chi connectivity index (χ1v) is 6.07. The Kier molecular flexibility index (Phi) is 3.79. The molecule has 2 aromatic heterocycles. The number of nitrogens with zero attached hydrogens (tertiary/aromatic N) is 4. The van der Waals surface area contributed by atoms with E-state index in [-0.39, 0.29) is 18.1 Å². The molecular formula is C11H17N7O. The van der Waals surface area contributed by atoms with Crippen LogP contribution in [0.3, 0.4) is 0 Å². The van der Waals surface area contributed by atoms with Gasteiger partial charge in [-0.2, -0.15) is 5.10 Å². The molecule has 2 aromatic rings. The van der Waals surface area contributed by atoms with Crippen LogP contribution in [-0.4, -0.2) is 30.9 Å². The Morgan fingerprint density at radius 3 is 3.00 bits per heavy atom.